The number of rotatable bonds is 3. The van der Waals surface area contributed by atoms with Crippen LogP contribution in [-0.4, -0.2) is 39.3 Å². The molecule has 0 saturated carbocycles. The molecule has 0 bridgehead atoms. The molecule has 0 fully saturated rings. The molecule has 0 spiro atoms. The summed E-state index contributed by atoms with van der Waals surface area (Å²) in [6.07, 6.45) is 0. The van der Waals surface area contributed by atoms with Gasteiger partial charge in [-0.2, -0.15) is 16.8 Å². The number of quaternary nitrogens is 1. The molecule has 0 aromatic heterocycles. The van der Waals surface area contributed by atoms with E-state index >= 15 is 0 Å². The maximum Gasteiger partial charge on any atom is 1.00 e. The van der Waals surface area contributed by atoms with Crippen molar-refractivity contribution in [1.82, 2.24) is 6.15 Å². The number of hydrogen-bond acceptors (Lipinski definition) is 10. The maximum atomic E-state index is 9.51. The van der Waals surface area contributed by atoms with Crippen molar-refractivity contribution < 1.29 is 77.5 Å². The molecule has 17 heteroatoms. The van der Waals surface area contributed by atoms with E-state index < -0.39 is 29.9 Å². The summed E-state index contributed by atoms with van der Waals surface area (Å²) in [5, 5.41) is 0. The Hall–Kier alpha value is 0.990. The Morgan fingerprint density at radius 1 is 0.882 bits per heavy atom. The van der Waals surface area contributed by atoms with Crippen LogP contribution in [0.1, 0.15) is 0 Å². The molecule has 0 aliphatic heterocycles. The average Bonchev–Trinajstić information content (AvgIpc) is 1.76. The Morgan fingerprint density at radius 2 is 1.00 bits per heavy atom. The van der Waals surface area contributed by atoms with Gasteiger partial charge in [0.25, 0.3) is 0 Å². The van der Waals surface area contributed by atoms with Gasteiger partial charge in [0.2, 0.25) is 0 Å². The van der Waals surface area contributed by atoms with Gasteiger partial charge in [-0.25, -0.2) is 0 Å². The van der Waals surface area contributed by atoms with E-state index in [2.05, 4.69) is 19.9 Å². The molecule has 0 aromatic rings. The van der Waals surface area contributed by atoms with Gasteiger partial charge in [0.1, 0.15) is 0 Å². The van der Waals surface area contributed by atoms with Crippen LogP contribution in [0.2, 0.25) is 0 Å². The Kier molecular flexibility index (Phi) is 15.4. The summed E-state index contributed by atoms with van der Waals surface area (Å²) in [4.78, 5) is 0. The number of hydrogen-bond donors (Lipinski definition) is 3. The molecule has 0 amide bonds. The molecule has 17 heavy (non-hydrogen) atoms. The predicted molar refractivity (Wildman–Crippen MR) is 48.3 cm³/mol. The second-order valence-electron chi connectivity index (χ2n) is 1.40. The van der Waals surface area contributed by atoms with E-state index in [1.165, 1.54) is 0 Å². The minimum Gasteiger partial charge on any atom is -0.780 e. The molecular formula is H6NNaO11S4. The Morgan fingerprint density at radius 3 is 1.06 bits per heavy atom. The van der Waals surface area contributed by atoms with Gasteiger partial charge in [-0.1, -0.05) is 8.67 Å². The minimum absolute atomic E-state index is 0. The van der Waals surface area contributed by atoms with Gasteiger partial charge in [-0.3, -0.25) is 13.3 Å². The molecule has 102 valence electrons. The van der Waals surface area contributed by atoms with Crippen molar-refractivity contribution in [2.45, 2.75) is 0 Å². The van der Waals surface area contributed by atoms with Crippen LogP contribution in [0.5, 0.6) is 0 Å². The smallest absolute Gasteiger partial charge is 0.780 e. The van der Waals surface area contributed by atoms with Gasteiger partial charge >= 0.3 is 50.4 Å². The van der Waals surface area contributed by atoms with Gasteiger partial charge in [0, 0.05) is 0 Å². The summed E-state index contributed by atoms with van der Waals surface area (Å²) in [5.74, 6) is 0. The van der Waals surface area contributed by atoms with E-state index in [4.69, 9.17) is 22.4 Å². The zero-order valence-corrected chi connectivity index (χ0v) is 13.5. The van der Waals surface area contributed by atoms with E-state index in [1.807, 2.05) is 0 Å². The predicted octanol–water partition coefficient (Wildman–Crippen LogP) is -5.09. The van der Waals surface area contributed by atoms with E-state index in [0.29, 0.717) is 0 Å². The third-order valence-electron chi connectivity index (χ3n) is 0.200. The first-order valence-corrected chi connectivity index (χ1v) is 7.26. The van der Waals surface area contributed by atoms with Crippen LogP contribution in [0.15, 0.2) is 0 Å². The van der Waals surface area contributed by atoms with Crippen LogP contribution < -0.4 is 35.7 Å². The monoisotopic (exact) mass is 347 g/mol. The van der Waals surface area contributed by atoms with Crippen molar-refractivity contribution in [1.29, 1.82) is 0 Å². The second kappa shape index (κ2) is 9.86. The van der Waals surface area contributed by atoms with Gasteiger partial charge in [-0.05, 0) is 11.2 Å². The molecule has 12 nitrogen and oxygen atoms in total. The first-order valence-electron chi connectivity index (χ1n) is 2.20. The van der Waals surface area contributed by atoms with Crippen molar-refractivity contribution >= 4 is 41.0 Å². The van der Waals surface area contributed by atoms with Crippen LogP contribution in [0.3, 0.4) is 0 Å². The quantitative estimate of drug-likeness (QED) is 0.188. The fourth-order valence-corrected chi connectivity index (χ4v) is 0.632. The standard InChI is InChI=1S/H3N.Na.H2O8S2.H2O3S2/c;;1-9(2,3)7-8-10(4,5)6;1-5(2,3)4/h1H3;;(H,1,2,3)(H,4,5,6);(H2,1,2,3,4)/q;+1;;/p-1. The van der Waals surface area contributed by atoms with Crippen molar-refractivity contribution in [2.75, 3.05) is 0 Å². The molecule has 0 saturated heterocycles. The van der Waals surface area contributed by atoms with Crippen molar-refractivity contribution in [2.24, 2.45) is 0 Å². The van der Waals surface area contributed by atoms with E-state index in [1.54, 1.807) is 0 Å². The van der Waals surface area contributed by atoms with Crippen LogP contribution in [0.25, 0.3) is 0 Å². The van der Waals surface area contributed by atoms with Gasteiger partial charge in [-0.15, -0.1) is 9.05 Å². The topological polar surface area (TPSA) is 227 Å². The second-order valence-corrected chi connectivity index (χ2v) is 5.42. The molecule has 6 N–H and O–H groups in total. The van der Waals surface area contributed by atoms with Gasteiger partial charge < -0.3 is 15.3 Å². The maximum absolute atomic E-state index is 9.51. The van der Waals surface area contributed by atoms with Gasteiger partial charge in [0.15, 0.2) is 0 Å². The largest absolute Gasteiger partial charge is 1.00 e. The normalized spacial score (nSPS) is 11.3. The first kappa shape index (κ1) is 26.5. The average molecular weight is 347 g/mol. The summed E-state index contributed by atoms with van der Waals surface area (Å²) >= 11 is 3.24. The van der Waals surface area contributed by atoms with E-state index in [-0.39, 0.29) is 35.7 Å². The summed E-state index contributed by atoms with van der Waals surface area (Å²) in [6, 6.07) is 0. The van der Waals surface area contributed by atoms with Crippen molar-refractivity contribution in [3.63, 3.8) is 0 Å². The van der Waals surface area contributed by atoms with E-state index in [9.17, 15) is 16.8 Å². The third kappa shape index (κ3) is 59.8. The third-order valence-corrected chi connectivity index (χ3v) is 0.766. The minimum atomic E-state index is -5.02. The van der Waals surface area contributed by atoms with Crippen LogP contribution >= 0.6 is 0 Å². The van der Waals surface area contributed by atoms with Crippen molar-refractivity contribution in [3.8, 4) is 0 Å². The zero-order chi connectivity index (χ0) is 12.9. The molecule has 0 atom stereocenters. The molecule has 0 rings (SSSR count). The van der Waals surface area contributed by atoms with Crippen LogP contribution in [0, 0.1) is 0 Å². The summed E-state index contributed by atoms with van der Waals surface area (Å²) in [6.45, 7) is 0. The summed E-state index contributed by atoms with van der Waals surface area (Å²) in [7, 11) is -14.4. The first-order chi connectivity index (χ1) is 6.21. The fraction of sp³-hybridized carbons (Fsp3) is 0. The molecule has 0 aliphatic rings. The summed E-state index contributed by atoms with van der Waals surface area (Å²) < 4.78 is 85.5. The van der Waals surface area contributed by atoms with Crippen molar-refractivity contribution in [3.05, 3.63) is 0 Å². The van der Waals surface area contributed by atoms with Gasteiger partial charge in [0.05, 0.1) is 0 Å². The Bertz CT molecular complexity index is 428. The van der Waals surface area contributed by atoms with Crippen LogP contribution in [0.4, 0.5) is 0 Å². The summed E-state index contributed by atoms with van der Waals surface area (Å²) in [5.41, 5.74) is 0. The molecular weight excluding hydrogens is 341 g/mol. The zero-order valence-electron chi connectivity index (χ0n) is 8.20. The SMILES string of the molecule is O=S(=O)(O)OOS(=O)(=O)O.O=S([O-])([O-])=S.[NH4+].[Na+]. The molecule has 0 aromatic carbocycles. The van der Waals surface area contributed by atoms with Crippen LogP contribution in [-0.2, 0) is 49.7 Å². The molecule has 0 radical (unpaired) electrons. The molecule has 0 heterocycles. The Labute approximate surface area is 124 Å². The molecule has 0 aliphatic carbocycles. The fourth-order valence-electron chi connectivity index (χ4n) is 0.0702. The Balaban J connectivity index is -0.000000105. The molecule has 0 unspecified atom stereocenters. The van der Waals surface area contributed by atoms with E-state index in [0.717, 1.165) is 0 Å².